The quantitative estimate of drug-likeness (QED) is 0.230. The third kappa shape index (κ3) is 3.37. The maximum Gasteiger partial charge on any atom is 0.174 e. The number of hydrogen-bond acceptors (Lipinski definition) is 2. The second-order valence-electron chi connectivity index (χ2n) is 12.0. The zero-order valence-electron chi connectivity index (χ0n) is 23.7. The van der Waals surface area contributed by atoms with Crippen molar-refractivity contribution in [2.75, 3.05) is 7.11 Å². The lowest BCUT2D eigenvalue weighted by Gasteiger charge is -2.40. The van der Waals surface area contributed by atoms with Gasteiger partial charge in [-0.05, 0) is 87.2 Å². The van der Waals surface area contributed by atoms with Gasteiger partial charge in [0.15, 0.2) is 5.60 Å². The van der Waals surface area contributed by atoms with Gasteiger partial charge in [-0.25, -0.2) is 0 Å². The lowest BCUT2D eigenvalue weighted by atomic mass is 9.75. The van der Waals surface area contributed by atoms with Crippen molar-refractivity contribution in [3.63, 3.8) is 0 Å². The zero-order chi connectivity index (χ0) is 27.8. The largest absolute Gasteiger partial charge is 0.497 e. The molecule has 0 radical (unpaired) electrons. The maximum atomic E-state index is 7.48. The Morgan fingerprint density at radius 1 is 0.829 bits per heavy atom. The second kappa shape index (κ2) is 8.72. The van der Waals surface area contributed by atoms with Gasteiger partial charge in [-0.15, -0.1) is 0 Å². The first-order chi connectivity index (χ1) is 20.0. The number of hydrogen-bond donors (Lipinski definition) is 0. The van der Waals surface area contributed by atoms with Crippen molar-refractivity contribution >= 4 is 27.6 Å². The summed E-state index contributed by atoms with van der Waals surface area (Å²) in [7, 11) is 1.73. The van der Waals surface area contributed by atoms with Crippen LogP contribution in [0.25, 0.3) is 38.7 Å². The highest BCUT2D eigenvalue weighted by molar-refractivity contribution is 6.09. The van der Waals surface area contributed by atoms with Gasteiger partial charge in [0.05, 0.1) is 7.11 Å². The molecule has 1 unspecified atom stereocenters. The van der Waals surface area contributed by atoms with Crippen molar-refractivity contribution in [1.82, 2.24) is 0 Å². The number of fused-ring (bicyclic) bond motifs is 9. The number of rotatable bonds is 3. The molecule has 0 bridgehead atoms. The molecule has 0 saturated carbocycles. The average molecular weight is 533 g/mol. The first-order valence-electron chi connectivity index (χ1n) is 14.5. The maximum absolute atomic E-state index is 7.48. The molecule has 8 rings (SSSR count). The molecule has 2 aliphatic carbocycles. The predicted octanol–water partition coefficient (Wildman–Crippen LogP) is 9.89. The Morgan fingerprint density at radius 2 is 1.66 bits per heavy atom. The molecule has 5 aromatic carbocycles. The van der Waals surface area contributed by atoms with E-state index in [4.69, 9.17) is 9.47 Å². The van der Waals surface area contributed by atoms with Gasteiger partial charge >= 0.3 is 0 Å². The fourth-order valence-electron chi connectivity index (χ4n) is 7.40. The summed E-state index contributed by atoms with van der Waals surface area (Å²) < 4.78 is 13.2. The molecular formula is C39H32O2. The van der Waals surface area contributed by atoms with Crippen LogP contribution in [0, 0.1) is 0 Å². The molecule has 200 valence electrons. The molecule has 0 amide bonds. The standard InChI is InChI=1S/C39H32O2/c1-38(2)34-16-10-9-15-31(34)35-30-20-19-29(40-3)24-33(30)37-32(36(35)38)21-22-39(41-37,27-13-5-4-6-14-27)28-18-17-25-11-7-8-12-26(25)23-28/h4-5,7-13,15-24H,6,14H2,1-3H3. The van der Waals surface area contributed by atoms with Crippen molar-refractivity contribution in [2.45, 2.75) is 37.7 Å². The molecule has 1 heterocycles. The van der Waals surface area contributed by atoms with E-state index in [2.05, 4.69) is 129 Å². The fourth-order valence-corrected chi connectivity index (χ4v) is 7.40. The Hall–Kier alpha value is -4.56. The minimum absolute atomic E-state index is 0.159. The Labute approximate surface area is 241 Å². The highest BCUT2D eigenvalue weighted by Crippen LogP contribution is 2.58. The van der Waals surface area contributed by atoms with E-state index in [1.165, 1.54) is 49.5 Å². The summed E-state index contributed by atoms with van der Waals surface area (Å²) in [6.45, 7) is 4.70. The van der Waals surface area contributed by atoms with Crippen LogP contribution in [-0.2, 0) is 11.0 Å². The molecule has 0 saturated heterocycles. The van der Waals surface area contributed by atoms with Crippen LogP contribution in [0.4, 0.5) is 0 Å². The molecule has 0 aromatic heterocycles. The van der Waals surface area contributed by atoms with E-state index >= 15 is 0 Å². The van der Waals surface area contributed by atoms with Gasteiger partial charge in [0, 0.05) is 21.9 Å². The third-order valence-corrected chi connectivity index (χ3v) is 9.42. The number of ether oxygens (including phenoxy) is 2. The minimum Gasteiger partial charge on any atom is -0.497 e. The molecule has 3 aliphatic rings. The molecule has 1 aliphatic heterocycles. The normalized spacial score (nSPS) is 19.8. The van der Waals surface area contributed by atoms with Gasteiger partial charge < -0.3 is 9.47 Å². The summed E-state index contributed by atoms with van der Waals surface area (Å²) in [4.78, 5) is 0. The zero-order valence-corrected chi connectivity index (χ0v) is 23.7. The minimum atomic E-state index is -0.707. The Bertz CT molecular complexity index is 1990. The predicted molar refractivity (Wildman–Crippen MR) is 170 cm³/mol. The molecule has 1 atom stereocenters. The Morgan fingerprint density at radius 3 is 2.49 bits per heavy atom. The van der Waals surface area contributed by atoms with Crippen LogP contribution in [0.5, 0.6) is 11.5 Å². The van der Waals surface area contributed by atoms with Crippen molar-refractivity contribution < 1.29 is 9.47 Å². The second-order valence-corrected chi connectivity index (χ2v) is 12.0. The van der Waals surface area contributed by atoms with E-state index in [9.17, 15) is 0 Å². The van der Waals surface area contributed by atoms with Crippen molar-refractivity contribution in [2.24, 2.45) is 0 Å². The summed E-state index contributed by atoms with van der Waals surface area (Å²) in [6, 6.07) is 30.6. The van der Waals surface area contributed by atoms with Crippen molar-refractivity contribution in [3.05, 3.63) is 137 Å². The lowest BCUT2D eigenvalue weighted by molar-refractivity contribution is 0.154. The van der Waals surface area contributed by atoms with Crippen LogP contribution in [-0.4, -0.2) is 7.11 Å². The van der Waals surface area contributed by atoms with E-state index in [0.29, 0.717) is 0 Å². The Balaban J connectivity index is 1.45. The van der Waals surface area contributed by atoms with E-state index in [1.54, 1.807) is 7.11 Å². The topological polar surface area (TPSA) is 18.5 Å². The molecule has 0 fully saturated rings. The van der Waals surface area contributed by atoms with Crippen LogP contribution in [0.3, 0.4) is 0 Å². The van der Waals surface area contributed by atoms with Crippen molar-refractivity contribution in [3.8, 4) is 22.6 Å². The summed E-state index contributed by atoms with van der Waals surface area (Å²) in [5, 5.41) is 4.75. The number of methoxy groups -OCH3 is 1. The summed E-state index contributed by atoms with van der Waals surface area (Å²) >= 11 is 0. The number of benzene rings is 5. The average Bonchev–Trinajstić information content (AvgIpc) is 3.27. The lowest BCUT2D eigenvalue weighted by Crippen LogP contribution is -2.36. The highest BCUT2D eigenvalue weighted by atomic mass is 16.5. The van der Waals surface area contributed by atoms with E-state index in [1.807, 2.05) is 0 Å². The smallest absolute Gasteiger partial charge is 0.174 e. The number of allylic oxidation sites excluding steroid dienone is 3. The van der Waals surface area contributed by atoms with E-state index < -0.39 is 5.60 Å². The van der Waals surface area contributed by atoms with Gasteiger partial charge in [-0.3, -0.25) is 0 Å². The van der Waals surface area contributed by atoms with Gasteiger partial charge in [0.25, 0.3) is 0 Å². The highest BCUT2D eigenvalue weighted by Gasteiger charge is 2.44. The SMILES string of the molecule is COc1ccc2c3c(c4c(c2c1)OC(C1=CC=CCC1)(c1ccc2ccccc2c1)C=C4)C(C)(C)c1ccccc1-3. The first-order valence-corrected chi connectivity index (χ1v) is 14.5. The molecule has 0 spiro atoms. The van der Waals surface area contributed by atoms with E-state index in [-0.39, 0.29) is 5.41 Å². The van der Waals surface area contributed by atoms with Gasteiger partial charge in [-0.1, -0.05) is 98.8 Å². The first kappa shape index (κ1) is 24.3. The third-order valence-electron chi connectivity index (χ3n) is 9.42. The molecular weight excluding hydrogens is 500 g/mol. The molecule has 2 heteroatoms. The van der Waals surface area contributed by atoms with Gasteiger partial charge in [0.1, 0.15) is 11.5 Å². The summed E-state index contributed by atoms with van der Waals surface area (Å²) in [6.07, 6.45) is 13.3. The molecule has 5 aromatic rings. The molecule has 2 nitrogen and oxygen atoms in total. The van der Waals surface area contributed by atoms with Crippen LogP contribution in [0.1, 0.15) is 48.9 Å². The monoisotopic (exact) mass is 532 g/mol. The van der Waals surface area contributed by atoms with Crippen LogP contribution in [0.15, 0.2) is 115 Å². The molecule has 0 N–H and O–H groups in total. The van der Waals surface area contributed by atoms with Gasteiger partial charge in [0.2, 0.25) is 0 Å². The van der Waals surface area contributed by atoms with E-state index in [0.717, 1.165) is 35.3 Å². The Kier molecular flexibility index (Phi) is 5.16. The van der Waals surface area contributed by atoms with Crippen LogP contribution >= 0.6 is 0 Å². The summed E-state index contributed by atoms with van der Waals surface area (Å²) in [5.74, 6) is 1.77. The fraction of sp³-hybridized carbons (Fsp3) is 0.179. The van der Waals surface area contributed by atoms with Gasteiger partial charge in [-0.2, -0.15) is 0 Å². The molecule has 41 heavy (non-hydrogen) atoms. The van der Waals surface area contributed by atoms with Crippen LogP contribution in [0.2, 0.25) is 0 Å². The van der Waals surface area contributed by atoms with Crippen molar-refractivity contribution in [1.29, 1.82) is 0 Å². The van der Waals surface area contributed by atoms with Crippen LogP contribution < -0.4 is 9.47 Å². The summed E-state index contributed by atoms with van der Waals surface area (Å²) in [5.41, 5.74) is 8.06.